The van der Waals surface area contributed by atoms with E-state index in [-0.39, 0.29) is 37.4 Å². The average Bonchev–Trinajstić information content (AvgIpc) is 2.83. The number of halogens is 1. The molecule has 0 spiro atoms. The van der Waals surface area contributed by atoms with Gasteiger partial charge in [0.2, 0.25) is 11.8 Å². The number of ether oxygens (including phenoxy) is 2. The second kappa shape index (κ2) is 11.0. The lowest BCUT2D eigenvalue weighted by Gasteiger charge is -2.44. The molecule has 1 fully saturated rings. The van der Waals surface area contributed by atoms with Crippen LogP contribution in [0.3, 0.4) is 0 Å². The first-order valence-electron chi connectivity index (χ1n) is 11.8. The fourth-order valence-electron chi connectivity index (χ4n) is 4.56. The van der Waals surface area contributed by atoms with Crippen LogP contribution in [0.1, 0.15) is 41.6 Å². The first-order chi connectivity index (χ1) is 16.9. The maximum atomic E-state index is 13.8. The van der Waals surface area contributed by atoms with E-state index in [1.165, 1.54) is 0 Å². The van der Waals surface area contributed by atoms with E-state index >= 15 is 0 Å². The molecule has 1 aliphatic heterocycles. The van der Waals surface area contributed by atoms with Gasteiger partial charge in [-0.05, 0) is 49.1 Å². The number of carbonyl (C=O) groups is 3. The molecule has 186 valence electrons. The van der Waals surface area contributed by atoms with Crippen LogP contribution in [0, 0.1) is 0 Å². The van der Waals surface area contributed by atoms with Crippen molar-refractivity contribution in [3.05, 3.63) is 58.6 Å². The summed E-state index contributed by atoms with van der Waals surface area (Å²) < 4.78 is 11.0. The number of amides is 3. The van der Waals surface area contributed by atoms with E-state index in [4.69, 9.17) is 21.1 Å². The van der Waals surface area contributed by atoms with Gasteiger partial charge in [0.1, 0.15) is 18.1 Å². The maximum Gasteiger partial charge on any atom is 0.255 e. The standard InChI is InChI=1S/C26H30ClN3O5/c1-34-20-8-9-21-22(16-20)35-15-13-28-23(31)17-30(14-3-12-29-24(21)32)25(33)26(10-2-11-26)18-4-6-19(27)7-5-18/h4-9,16H,2-3,10-15,17H2,1H3,(H,28,31)(H,29,32). The lowest BCUT2D eigenvalue weighted by Crippen LogP contribution is -2.54. The van der Waals surface area contributed by atoms with E-state index < -0.39 is 5.41 Å². The number of methoxy groups -OCH3 is 1. The fourth-order valence-corrected chi connectivity index (χ4v) is 4.69. The number of nitrogens with zero attached hydrogens (tertiary/aromatic N) is 1. The summed E-state index contributed by atoms with van der Waals surface area (Å²) in [6, 6.07) is 12.4. The summed E-state index contributed by atoms with van der Waals surface area (Å²) in [5.74, 6) is 0.382. The molecule has 2 aromatic rings. The van der Waals surface area contributed by atoms with Crippen molar-refractivity contribution >= 4 is 29.3 Å². The van der Waals surface area contributed by atoms with Crippen LogP contribution >= 0.6 is 11.6 Å². The lowest BCUT2D eigenvalue weighted by atomic mass is 9.63. The largest absolute Gasteiger partial charge is 0.497 e. The van der Waals surface area contributed by atoms with Crippen LogP contribution in [-0.2, 0) is 15.0 Å². The Balaban J connectivity index is 1.51. The van der Waals surface area contributed by atoms with E-state index in [0.29, 0.717) is 41.6 Å². The minimum atomic E-state index is -0.638. The molecule has 1 saturated carbocycles. The van der Waals surface area contributed by atoms with Crippen molar-refractivity contribution in [2.75, 3.05) is 39.9 Å². The molecule has 0 bridgehead atoms. The van der Waals surface area contributed by atoms with Crippen molar-refractivity contribution in [2.45, 2.75) is 31.1 Å². The third-order valence-electron chi connectivity index (χ3n) is 6.64. The van der Waals surface area contributed by atoms with Gasteiger partial charge < -0.3 is 25.0 Å². The zero-order valence-corrected chi connectivity index (χ0v) is 20.5. The smallest absolute Gasteiger partial charge is 0.255 e. The number of hydrogen-bond donors (Lipinski definition) is 2. The molecule has 8 nitrogen and oxygen atoms in total. The Hall–Kier alpha value is -3.26. The molecule has 0 unspecified atom stereocenters. The van der Waals surface area contributed by atoms with Gasteiger partial charge in [-0.25, -0.2) is 0 Å². The minimum absolute atomic E-state index is 0.0491. The van der Waals surface area contributed by atoms with Crippen molar-refractivity contribution in [2.24, 2.45) is 0 Å². The van der Waals surface area contributed by atoms with Crippen LogP contribution in [0.5, 0.6) is 11.5 Å². The van der Waals surface area contributed by atoms with E-state index in [2.05, 4.69) is 10.6 Å². The molecule has 4 rings (SSSR count). The molecular formula is C26H30ClN3O5. The zero-order chi connectivity index (χ0) is 24.8. The predicted octanol–water partition coefficient (Wildman–Crippen LogP) is 2.93. The highest BCUT2D eigenvalue weighted by molar-refractivity contribution is 6.30. The number of fused-ring (bicyclic) bond motifs is 1. The van der Waals surface area contributed by atoms with Gasteiger partial charge in [0.15, 0.2) is 0 Å². The Labute approximate surface area is 209 Å². The van der Waals surface area contributed by atoms with Crippen molar-refractivity contribution in [1.82, 2.24) is 15.5 Å². The van der Waals surface area contributed by atoms with Crippen molar-refractivity contribution < 1.29 is 23.9 Å². The normalized spacial score (nSPS) is 18.6. The summed E-state index contributed by atoms with van der Waals surface area (Å²) in [5.41, 5.74) is 0.672. The topological polar surface area (TPSA) is 97.0 Å². The monoisotopic (exact) mass is 499 g/mol. The lowest BCUT2D eigenvalue weighted by molar-refractivity contribution is -0.144. The number of carbonyl (C=O) groups excluding carboxylic acids is 3. The first-order valence-corrected chi connectivity index (χ1v) is 12.2. The SMILES string of the molecule is COc1ccc2c(c1)OCCNC(=O)CN(C(=O)C1(c3ccc(Cl)cc3)CCC1)CCCNC2=O. The molecule has 0 aromatic heterocycles. The summed E-state index contributed by atoms with van der Waals surface area (Å²) in [7, 11) is 1.54. The second-order valence-electron chi connectivity index (χ2n) is 8.84. The van der Waals surface area contributed by atoms with Crippen LogP contribution in [0.25, 0.3) is 0 Å². The molecule has 1 heterocycles. The molecule has 2 N–H and O–H groups in total. The number of nitrogens with one attached hydrogen (secondary N) is 2. The Morgan fingerprint density at radius 2 is 1.83 bits per heavy atom. The highest BCUT2D eigenvalue weighted by Gasteiger charge is 2.47. The van der Waals surface area contributed by atoms with Crippen LogP contribution in [0.2, 0.25) is 5.02 Å². The minimum Gasteiger partial charge on any atom is -0.497 e. The Morgan fingerprint density at radius 1 is 1.06 bits per heavy atom. The molecule has 2 aromatic carbocycles. The highest BCUT2D eigenvalue weighted by Crippen LogP contribution is 2.45. The van der Waals surface area contributed by atoms with Gasteiger partial charge in [-0.15, -0.1) is 0 Å². The second-order valence-corrected chi connectivity index (χ2v) is 9.28. The average molecular weight is 500 g/mol. The molecule has 0 radical (unpaired) electrons. The summed E-state index contributed by atoms with van der Waals surface area (Å²) in [6.45, 7) is 1.06. The first kappa shape index (κ1) is 24.9. The van der Waals surface area contributed by atoms with Gasteiger partial charge in [0.25, 0.3) is 5.91 Å². The quantitative estimate of drug-likeness (QED) is 0.677. The van der Waals surface area contributed by atoms with Gasteiger partial charge in [0, 0.05) is 24.2 Å². The molecule has 0 atom stereocenters. The summed E-state index contributed by atoms with van der Waals surface area (Å²) >= 11 is 6.06. The van der Waals surface area contributed by atoms with E-state index in [1.807, 2.05) is 12.1 Å². The number of hydrogen-bond acceptors (Lipinski definition) is 5. The molecule has 3 amide bonds. The molecule has 0 saturated heterocycles. The van der Waals surface area contributed by atoms with Gasteiger partial charge in [0.05, 0.1) is 31.2 Å². The highest BCUT2D eigenvalue weighted by atomic mass is 35.5. The van der Waals surface area contributed by atoms with Crippen molar-refractivity contribution in [1.29, 1.82) is 0 Å². The van der Waals surface area contributed by atoms with Crippen LogP contribution in [-0.4, -0.2) is 62.5 Å². The zero-order valence-electron chi connectivity index (χ0n) is 19.8. The van der Waals surface area contributed by atoms with Gasteiger partial charge >= 0.3 is 0 Å². The maximum absolute atomic E-state index is 13.8. The summed E-state index contributed by atoms with van der Waals surface area (Å²) in [6.07, 6.45) is 2.92. The van der Waals surface area contributed by atoms with Gasteiger partial charge in [-0.1, -0.05) is 30.2 Å². The number of benzene rings is 2. The number of rotatable bonds is 3. The Kier molecular flexibility index (Phi) is 7.80. The van der Waals surface area contributed by atoms with E-state index in [0.717, 1.165) is 24.8 Å². The van der Waals surface area contributed by atoms with Crippen molar-refractivity contribution in [3.63, 3.8) is 0 Å². The third-order valence-corrected chi connectivity index (χ3v) is 6.89. The predicted molar refractivity (Wildman–Crippen MR) is 132 cm³/mol. The molecule has 9 heteroatoms. The van der Waals surface area contributed by atoms with E-state index in [1.54, 1.807) is 42.3 Å². The van der Waals surface area contributed by atoms with Gasteiger partial charge in [-0.3, -0.25) is 14.4 Å². The summed E-state index contributed by atoms with van der Waals surface area (Å²) in [5, 5.41) is 6.33. The fraction of sp³-hybridized carbons (Fsp3) is 0.423. The summed E-state index contributed by atoms with van der Waals surface area (Å²) in [4.78, 5) is 40.9. The van der Waals surface area contributed by atoms with Crippen molar-refractivity contribution in [3.8, 4) is 11.5 Å². The van der Waals surface area contributed by atoms with Gasteiger partial charge in [-0.2, -0.15) is 0 Å². The van der Waals surface area contributed by atoms with Crippen LogP contribution < -0.4 is 20.1 Å². The van der Waals surface area contributed by atoms with Crippen LogP contribution in [0.15, 0.2) is 42.5 Å². The van der Waals surface area contributed by atoms with E-state index in [9.17, 15) is 14.4 Å². The molecule has 1 aliphatic carbocycles. The molecule has 35 heavy (non-hydrogen) atoms. The molecular weight excluding hydrogens is 470 g/mol. The Bertz CT molecular complexity index is 1080. The van der Waals surface area contributed by atoms with Crippen LogP contribution in [0.4, 0.5) is 0 Å². The Morgan fingerprint density at radius 3 is 2.51 bits per heavy atom. The molecule has 2 aliphatic rings. The third kappa shape index (κ3) is 5.53.